The lowest BCUT2D eigenvalue weighted by atomic mass is 9.95. The molecule has 0 saturated carbocycles. The Morgan fingerprint density at radius 2 is 0.588 bits per heavy atom. The minimum absolute atomic E-state index is 0.119. The fourth-order valence-corrected chi connectivity index (χ4v) is 8.90. The van der Waals surface area contributed by atoms with Crippen molar-refractivity contribution in [2.24, 2.45) is 0 Å². The maximum atomic E-state index is 11.6. The molecule has 5 rings (SSSR count). The first-order chi connectivity index (χ1) is 32.6. The number of aliphatic hydroxyl groups excluding tert-OH is 16. The first-order valence-electron chi connectivity index (χ1n) is 23.6. The molecule has 26 heteroatoms. The van der Waals surface area contributed by atoms with Crippen LogP contribution >= 0.6 is 0 Å². The number of ether oxygens (including phenoxy) is 10. The van der Waals surface area contributed by atoms with E-state index in [9.17, 15) is 81.7 Å². The van der Waals surface area contributed by atoms with Crippen LogP contribution in [0.3, 0.4) is 0 Å². The van der Waals surface area contributed by atoms with Gasteiger partial charge in [0.25, 0.3) is 0 Å². The number of rotatable bonds is 25. The SMILES string of the molecule is CCCCCCCCCCCCO[C@H]1O[C@H](CO)[C@@H](O)[C@H](O)[C@@H]1O[C@H]1O[C@H](CO)[C@@H](O)[C@H](O[C@H]2O[C@H](CO)[C@@H](O)[C@H](O[C@H]3O[C@H](CO)[C@@H](O)[C@H](O[C@H]4O[C@H](CO)[C@@H](O)[C@H](O)[C@@H]4O)[C@@H]3O)[C@@H]2O)[C@@H]1O. The van der Waals surface area contributed by atoms with Gasteiger partial charge in [-0.2, -0.15) is 0 Å². The molecule has 5 heterocycles. The van der Waals surface area contributed by atoms with E-state index < -0.39 is 187 Å². The minimum Gasteiger partial charge on any atom is -0.394 e. The average Bonchev–Trinajstić information content (AvgIpc) is 3.33. The molecular weight excluding hydrogens is 920 g/mol. The van der Waals surface area contributed by atoms with E-state index in [2.05, 4.69) is 6.92 Å². The van der Waals surface area contributed by atoms with Crippen molar-refractivity contribution in [1.29, 1.82) is 0 Å². The summed E-state index contributed by atoms with van der Waals surface area (Å²) in [6.07, 6.45) is -35.1. The van der Waals surface area contributed by atoms with Gasteiger partial charge in [0.1, 0.15) is 122 Å². The standard InChI is InChI=1S/C42H76O26/c1-2-3-4-5-6-7-8-9-10-11-12-59-42-37(29(54)24(49)19(14-44)64-42)68-41-33(58)36(27(52)22(17-47)63-41)67-40-32(57)35(26(51)21(16-46)62-40)66-39-31(56)34(25(50)20(15-45)61-39)65-38-30(55)28(53)23(48)18(13-43)60-38/h18-58H,2-17H2,1H3/t18-,19-,20-,21-,22-,23-,24-,25-,26-,27-,28+,29+,30+,31+,32+,33+,34+,35+,36+,37+,38-,39-,40-,41-,42+/m1/s1. The van der Waals surface area contributed by atoms with Crippen molar-refractivity contribution in [3.8, 4) is 0 Å². The first-order valence-corrected chi connectivity index (χ1v) is 23.6. The van der Waals surface area contributed by atoms with Gasteiger partial charge in [0.15, 0.2) is 31.5 Å². The number of hydrogen-bond acceptors (Lipinski definition) is 26. The van der Waals surface area contributed by atoms with Crippen molar-refractivity contribution < 1.29 is 129 Å². The van der Waals surface area contributed by atoms with Crippen LogP contribution in [-0.4, -0.2) is 275 Å². The summed E-state index contributed by atoms with van der Waals surface area (Å²) in [6, 6.07) is 0. The summed E-state index contributed by atoms with van der Waals surface area (Å²) < 4.78 is 56.9. The van der Waals surface area contributed by atoms with Crippen LogP contribution in [0.15, 0.2) is 0 Å². The third-order valence-corrected chi connectivity index (χ3v) is 13.1. The van der Waals surface area contributed by atoms with Gasteiger partial charge >= 0.3 is 0 Å². The second-order valence-corrected chi connectivity index (χ2v) is 18.0. The van der Waals surface area contributed by atoms with Gasteiger partial charge in [-0.15, -0.1) is 0 Å². The van der Waals surface area contributed by atoms with Crippen LogP contribution in [0.1, 0.15) is 71.1 Å². The van der Waals surface area contributed by atoms with Crippen molar-refractivity contribution in [3.63, 3.8) is 0 Å². The normalized spacial score (nSPS) is 45.9. The largest absolute Gasteiger partial charge is 0.394 e. The quantitative estimate of drug-likeness (QED) is 0.0378. The second-order valence-electron chi connectivity index (χ2n) is 18.0. The van der Waals surface area contributed by atoms with E-state index in [1.165, 1.54) is 25.7 Å². The van der Waals surface area contributed by atoms with Gasteiger partial charge in [-0.1, -0.05) is 64.7 Å². The van der Waals surface area contributed by atoms with Gasteiger partial charge in [-0.25, -0.2) is 0 Å². The molecule has 0 aliphatic carbocycles. The van der Waals surface area contributed by atoms with Crippen molar-refractivity contribution in [3.05, 3.63) is 0 Å². The Bertz CT molecular complexity index is 1410. The molecule has 0 unspecified atom stereocenters. The monoisotopic (exact) mass is 996 g/mol. The van der Waals surface area contributed by atoms with E-state index in [1.54, 1.807) is 0 Å². The van der Waals surface area contributed by atoms with Crippen LogP contribution in [0.25, 0.3) is 0 Å². The van der Waals surface area contributed by atoms with Crippen LogP contribution in [0.4, 0.5) is 0 Å². The van der Waals surface area contributed by atoms with Gasteiger partial charge in [0.05, 0.1) is 33.0 Å². The van der Waals surface area contributed by atoms with Crippen LogP contribution in [0, 0.1) is 0 Å². The Labute approximate surface area is 393 Å². The Balaban J connectivity index is 1.27. The van der Waals surface area contributed by atoms with Gasteiger partial charge in [0, 0.05) is 6.61 Å². The van der Waals surface area contributed by atoms with Crippen LogP contribution in [-0.2, 0) is 47.4 Å². The predicted molar refractivity (Wildman–Crippen MR) is 222 cm³/mol. The smallest absolute Gasteiger partial charge is 0.187 e. The molecule has 25 atom stereocenters. The topological polar surface area (TPSA) is 416 Å². The zero-order valence-corrected chi connectivity index (χ0v) is 38.0. The highest BCUT2D eigenvalue weighted by Crippen LogP contribution is 2.36. The molecule has 26 nitrogen and oxygen atoms in total. The summed E-state index contributed by atoms with van der Waals surface area (Å²) in [4.78, 5) is 0. The molecule has 400 valence electrons. The van der Waals surface area contributed by atoms with Gasteiger partial charge in [-0.05, 0) is 6.42 Å². The zero-order chi connectivity index (χ0) is 49.8. The van der Waals surface area contributed by atoms with Crippen molar-refractivity contribution >= 4 is 0 Å². The lowest BCUT2D eigenvalue weighted by Gasteiger charge is -2.49. The summed E-state index contributed by atoms with van der Waals surface area (Å²) in [5.74, 6) is 0. The van der Waals surface area contributed by atoms with Gasteiger partial charge in [0.2, 0.25) is 0 Å². The number of aliphatic hydroxyl groups is 16. The Kier molecular flexibility index (Phi) is 23.7. The molecule has 0 radical (unpaired) electrons. The van der Waals surface area contributed by atoms with Crippen LogP contribution in [0.5, 0.6) is 0 Å². The lowest BCUT2D eigenvalue weighted by Crippen LogP contribution is -2.68. The molecule has 0 aromatic heterocycles. The fraction of sp³-hybridized carbons (Fsp3) is 1.00. The van der Waals surface area contributed by atoms with Crippen molar-refractivity contribution in [1.82, 2.24) is 0 Å². The Morgan fingerprint density at radius 1 is 0.294 bits per heavy atom. The molecule has 0 bridgehead atoms. The van der Waals surface area contributed by atoms with E-state index >= 15 is 0 Å². The molecule has 5 aliphatic heterocycles. The van der Waals surface area contributed by atoms with Gasteiger partial charge < -0.3 is 129 Å². The average molecular weight is 997 g/mol. The molecule has 5 aliphatic rings. The Morgan fingerprint density at radius 3 is 0.956 bits per heavy atom. The molecule has 16 N–H and O–H groups in total. The van der Waals surface area contributed by atoms with E-state index in [-0.39, 0.29) is 6.61 Å². The highest BCUT2D eigenvalue weighted by molar-refractivity contribution is 4.99. The summed E-state index contributed by atoms with van der Waals surface area (Å²) in [5.41, 5.74) is 0. The molecule has 0 aromatic rings. The molecule has 0 aromatic carbocycles. The zero-order valence-electron chi connectivity index (χ0n) is 38.0. The summed E-state index contributed by atoms with van der Waals surface area (Å²) >= 11 is 0. The second kappa shape index (κ2) is 27.9. The first kappa shape index (κ1) is 57.9. The minimum atomic E-state index is -2.16. The van der Waals surface area contributed by atoms with Crippen molar-refractivity contribution in [2.75, 3.05) is 39.6 Å². The third-order valence-electron chi connectivity index (χ3n) is 13.1. The number of unbranched alkanes of at least 4 members (excludes halogenated alkanes) is 9. The summed E-state index contributed by atoms with van der Waals surface area (Å²) in [7, 11) is 0. The summed E-state index contributed by atoms with van der Waals surface area (Å²) in [5, 5.41) is 171. The molecular formula is C42H76O26. The maximum Gasteiger partial charge on any atom is 0.187 e. The highest BCUT2D eigenvalue weighted by Gasteiger charge is 2.57. The van der Waals surface area contributed by atoms with Gasteiger partial charge in [-0.3, -0.25) is 0 Å². The van der Waals surface area contributed by atoms with E-state index in [0.717, 1.165) is 32.1 Å². The van der Waals surface area contributed by atoms with E-state index in [0.29, 0.717) is 6.42 Å². The molecule has 0 amide bonds. The van der Waals surface area contributed by atoms with Crippen LogP contribution < -0.4 is 0 Å². The fourth-order valence-electron chi connectivity index (χ4n) is 8.90. The van der Waals surface area contributed by atoms with Crippen LogP contribution in [0.2, 0.25) is 0 Å². The lowest BCUT2D eigenvalue weighted by molar-refractivity contribution is -0.397. The van der Waals surface area contributed by atoms with Crippen molar-refractivity contribution in [2.45, 2.75) is 225 Å². The Hall–Kier alpha value is -1.04. The number of hydrogen-bond donors (Lipinski definition) is 16. The molecule has 0 spiro atoms. The third kappa shape index (κ3) is 14.0. The predicted octanol–water partition coefficient (Wildman–Crippen LogP) is -6.98. The summed E-state index contributed by atoms with van der Waals surface area (Å²) in [6.45, 7) is -2.09. The van der Waals surface area contributed by atoms with E-state index in [1.807, 2.05) is 0 Å². The van der Waals surface area contributed by atoms with E-state index in [4.69, 9.17) is 47.4 Å². The maximum absolute atomic E-state index is 11.6. The molecule has 5 saturated heterocycles. The highest BCUT2D eigenvalue weighted by atomic mass is 16.8. The molecule has 68 heavy (non-hydrogen) atoms. The molecule has 5 fully saturated rings.